The number of hydrogen-bond donors (Lipinski definition) is 5. The number of hydrogen-bond acceptors (Lipinski definition) is 8. The van der Waals surface area contributed by atoms with Crippen LogP contribution in [0.15, 0.2) is 0 Å². The van der Waals surface area contributed by atoms with Crippen LogP contribution >= 0.6 is 0 Å². The molecule has 1 aliphatic heterocycles. The molecule has 8 unspecified atom stereocenters. The minimum atomic E-state index is -1.71. The van der Waals surface area contributed by atoms with Crippen LogP contribution in [-0.4, -0.2) is 81.6 Å². The molecule has 36 heavy (non-hydrogen) atoms. The van der Waals surface area contributed by atoms with Gasteiger partial charge in [0.1, 0.15) is 11.7 Å². The van der Waals surface area contributed by atoms with Gasteiger partial charge >= 0.3 is 0 Å². The van der Waals surface area contributed by atoms with E-state index in [1.807, 2.05) is 20.8 Å². The third kappa shape index (κ3) is 9.49. The Morgan fingerprint density at radius 2 is 1.75 bits per heavy atom. The van der Waals surface area contributed by atoms with Crippen molar-refractivity contribution < 1.29 is 39.4 Å². The van der Waals surface area contributed by atoms with Crippen molar-refractivity contribution in [3.8, 4) is 0 Å². The standard InChI is InChI=1S/C27H53NO8/c1-10-22-27(9,33)21(30)14-28-25(31)17(5)13-15(3)12-16(4)24(18(6)26(32)35-22)36-23(11-2)34-20(8)19(7)29/h15-24,26,29-30,32-33H,10-14H2,1-9H3,(H,28,31)/t15?,16?,17?,18?,19-,20?,21-,22?,23+,24?,26?,27+/m1/s1. The predicted molar refractivity (Wildman–Crippen MR) is 138 cm³/mol. The quantitative estimate of drug-likeness (QED) is 0.324. The van der Waals surface area contributed by atoms with Crippen molar-refractivity contribution in [3.05, 3.63) is 0 Å². The molecular weight excluding hydrogens is 466 g/mol. The molecule has 1 aliphatic rings. The van der Waals surface area contributed by atoms with Gasteiger partial charge in [-0.15, -0.1) is 0 Å². The van der Waals surface area contributed by atoms with E-state index in [2.05, 4.69) is 19.2 Å². The third-order valence-corrected chi connectivity index (χ3v) is 7.67. The second-order valence-electron chi connectivity index (χ2n) is 11.2. The van der Waals surface area contributed by atoms with Crippen molar-refractivity contribution in [1.29, 1.82) is 0 Å². The minimum Gasteiger partial charge on any atom is -0.391 e. The molecule has 1 heterocycles. The molecule has 1 saturated heterocycles. The molecule has 214 valence electrons. The van der Waals surface area contributed by atoms with Gasteiger partial charge in [0.25, 0.3) is 0 Å². The Labute approximate surface area is 217 Å². The van der Waals surface area contributed by atoms with Gasteiger partial charge in [-0.1, -0.05) is 41.5 Å². The van der Waals surface area contributed by atoms with Crippen LogP contribution in [0.25, 0.3) is 0 Å². The zero-order valence-electron chi connectivity index (χ0n) is 23.8. The second-order valence-corrected chi connectivity index (χ2v) is 11.2. The fourth-order valence-electron chi connectivity index (χ4n) is 5.00. The number of carbonyl (C=O) groups excluding carboxylic acids is 1. The first-order valence-electron chi connectivity index (χ1n) is 13.7. The van der Waals surface area contributed by atoms with Crippen molar-refractivity contribution in [2.24, 2.45) is 23.7 Å². The van der Waals surface area contributed by atoms with Gasteiger partial charge in [0.2, 0.25) is 5.91 Å². The first kappa shape index (κ1) is 33.2. The largest absolute Gasteiger partial charge is 0.391 e. The average molecular weight is 520 g/mol. The summed E-state index contributed by atoms with van der Waals surface area (Å²) in [5.41, 5.74) is -1.71. The van der Waals surface area contributed by atoms with Crippen LogP contribution in [-0.2, 0) is 19.0 Å². The van der Waals surface area contributed by atoms with Crippen molar-refractivity contribution in [3.63, 3.8) is 0 Å². The summed E-state index contributed by atoms with van der Waals surface area (Å²) in [5, 5.41) is 45.5. The summed E-state index contributed by atoms with van der Waals surface area (Å²) in [5.74, 6) is -0.763. The van der Waals surface area contributed by atoms with Gasteiger partial charge in [-0.3, -0.25) is 4.79 Å². The van der Waals surface area contributed by atoms with Crippen LogP contribution in [0.3, 0.4) is 0 Å². The van der Waals surface area contributed by atoms with Gasteiger partial charge in [-0.05, 0) is 58.3 Å². The van der Waals surface area contributed by atoms with Gasteiger partial charge in [-0.25, -0.2) is 0 Å². The molecule has 0 aliphatic carbocycles. The van der Waals surface area contributed by atoms with Crippen molar-refractivity contribution >= 4 is 5.91 Å². The number of rotatable bonds is 7. The van der Waals surface area contributed by atoms with Crippen LogP contribution < -0.4 is 5.32 Å². The highest BCUT2D eigenvalue weighted by Gasteiger charge is 2.42. The summed E-state index contributed by atoms with van der Waals surface area (Å²) < 4.78 is 18.3. The van der Waals surface area contributed by atoms with Crippen LogP contribution in [0, 0.1) is 23.7 Å². The van der Waals surface area contributed by atoms with Gasteiger partial charge < -0.3 is 40.0 Å². The van der Waals surface area contributed by atoms with Crippen LogP contribution in [0.5, 0.6) is 0 Å². The Balaban J connectivity index is 3.31. The molecule has 0 aromatic carbocycles. The molecule has 1 rings (SSSR count). The molecule has 1 fully saturated rings. The molecule has 0 saturated carbocycles. The summed E-state index contributed by atoms with van der Waals surface area (Å²) in [6.07, 6.45) is -3.30. The third-order valence-electron chi connectivity index (χ3n) is 7.67. The lowest BCUT2D eigenvalue weighted by Gasteiger charge is -2.40. The van der Waals surface area contributed by atoms with E-state index in [0.29, 0.717) is 19.3 Å². The lowest BCUT2D eigenvalue weighted by Crippen LogP contribution is -2.56. The number of β-amino-alcohol motifs (C(OH)–C–C–N with tert-alkyl or cyclic N) is 1. The Morgan fingerprint density at radius 1 is 1.14 bits per heavy atom. The number of amides is 1. The fraction of sp³-hybridized carbons (Fsp3) is 0.963. The van der Waals surface area contributed by atoms with E-state index in [4.69, 9.17) is 14.2 Å². The smallest absolute Gasteiger partial charge is 0.222 e. The number of ether oxygens (including phenoxy) is 3. The molecule has 5 N–H and O–H groups in total. The number of carbonyl (C=O) groups is 1. The van der Waals surface area contributed by atoms with Crippen molar-refractivity contribution in [1.82, 2.24) is 5.32 Å². The van der Waals surface area contributed by atoms with Crippen LogP contribution in [0.2, 0.25) is 0 Å². The topological polar surface area (TPSA) is 138 Å². The average Bonchev–Trinajstić information content (AvgIpc) is 2.81. The molecule has 0 aromatic rings. The number of nitrogens with one attached hydrogen (secondary N) is 1. The van der Waals surface area contributed by atoms with Gasteiger partial charge in [0, 0.05) is 18.4 Å². The molecule has 0 radical (unpaired) electrons. The normalized spacial score (nSPS) is 40.4. The molecule has 0 aromatic heterocycles. The lowest BCUT2D eigenvalue weighted by molar-refractivity contribution is -0.267. The highest BCUT2D eigenvalue weighted by Crippen LogP contribution is 2.32. The van der Waals surface area contributed by atoms with Crippen molar-refractivity contribution in [2.75, 3.05) is 6.54 Å². The second kappa shape index (κ2) is 15.0. The van der Waals surface area contributed by atoms with Crippen LogP contribution in [0.1, 0.15) is 88.0 Å². The molecule has 0 spiro atoms. The van der Waals surface area contributed by atoms with E-state index < -0.39 is 54.6 Å². The Kier molecular flexibility index (Phi) is 13.8. The summed E-state index contributed by atoms with van der Waals surface area (Å²) in [4.78, 5) is 12.7. The Hall–Kier alpha value is -0.810. The highest BCUT2D eigenvalue weighted by molar-refractivity contribution is 5.78. The molecular formula is C27H53NO8. The van der Waals surface area contributed by atoms with Gasteiger partial charge in [0.15, 0.2) is 12.6 Å². The highest BCUT2D eigenvalue weighted by atomic mass is 16.7. The van der Waals surface area contributed by atoms with E-state index in [1.54, 1.807) is 20.8 Å². The molecule has 9 heteroatoms. The minimum absolute atomic E-state index is 0.0145. The fourth-order valence-corrected chi connectivity index (χ4v) is 5.00. The zero-order valence-corrected chi connectivity index (χ0v) is 23.8. The van der Waals surface area contributed by atoms with E-state index >= 15 is 0 Å². The maximum absolute atomic E-state index is 12.7. The summed E-state index contributed by atoms with van der Waals surface area (Å²) in [6, 6.07) is 0. The van der Waals surface area contributed by atoms with E-state index in [-0.39, 0.29) is 30.2 Å². The maximum Gasteiger partial charge on any atom is 0.222 e. The zero-order chi connectivity index (χ0) is 27.8. The summed E-state index contributed by atoms with van der Waals surface area (Å²) >= 11 is 0. The first-order chi connectivity index (χ1) is 16.6. The van der Waals surface area contributed by atoms with Crippen LogP contribution in [0.4, 0.5) is 0 Å². The van der Waals surface area contributed by atoms with E-state index in [1.165, 1.54) is 6.92 Å². The molecule has 12 atom stereocenters. The molecule has 9 nitrogen and oxygen atoms in total. The summed E-state index contributed by atoms with van der Waals surface area (Å²) in [6.45, 7) is 16.3. The SMILES string of the molecule is CCC1OC(O)C(C)C(O[C@@H](CC)OC(C)[C@@H](C)O)C(C)CC(C)CC(C)C(=O)NC[C@@H](O)[C@]1(C)O. The van der Waals surface area contributed by atoms with Gasteiger partial charge in [0.05, 0.1) is 24.4 Å². The van der Waals surface area contributed by atoms with E-state index in [0.717, 1.165) is 6.42 Å². The number of aliphatic hydroxyl groups is 4. The first-order valence-corrected chi connectivity index (χ1v) is 13.7. The summed E-state index contributed by atoms with van der Waals surface area (Å²) in [7, 11) is 0. The maximum atomic E-state index is 12.7. The molecule has 1 amide bonds. The van der Waals surface area contributed by atoms with Crippen molar-refractivity contribution in [2.45, 2.75) is 137 Å². The van der Waals surface area contributed by atoms with E-state index in [9.17, 15) is 25.2 Å². The van der Waals surface area contributed by atoms with Gasteiger partial charge in [-0.2, -0.15) is 0 Å². The molecule has 0 bridgehead atoms. The lowest BCUT2D eigenvalue weighted by atomic mass is 9.83. The number of aliphatic hydroxyl groups excluding tert-OH is 3. The monoisotopic (exact) mass is 519 g/mol. The Bertz CT molecular complexity index is 645. The Morgan fingerprint density at radius 3 is 2.28 bits per heavy atom. The predicted octanol–water partition coefficient (Wildman–Crippen LogP) is 2.57.